The molecule has 0 amide bonds. The minimum Gasteiger partial charge on any atom is -0.396 e. The van der Waals surface area contributed by atoms with E-state index in [0.717, 1.165) is 0 Å². The molecule has 0 aromatic heterocycles. The monoisotopic (exact) mass is 286 g/mol. The van der Waals surface area contributed by atoms with Gasteiger partial charge in [0, 0.05) is 6.61 Å². The molecule has 0 saturated heterocycles. The first-order chi connectivity index (χ1) is 9.92. The van der Waals surface area contributed by atoms with E-state index in [1.165, 1.54) is 49.7 Å². The molecule has 0 heterocycles. The van der Waals surface area contributed by atoms with Crippen molar-refractivity contribution in [3.05, 3.63) is 35.5 Å². The zero-order chi connectivity index (χ0) is 15.3. The Hall–Kier alpha value is -0.820. The molecule has 0 aliphatic heterocycles. The van der Waals surface area contributed by atoms with Crippen molar-refractivity contribution in [1.29, 1.82) is 0 Å². The van der Waals surface area contributed by atoms with Gasteiger partial charge in [0.05, 0.1) is 0 Å². The number of allylic oxidation sites excluding steroid dienone is 5. The molecule has 0 bridgehead atoms. The molecular formula is C20H30O. The lowest BCUT2D eigenvalue weighted by Gasteiger charge is -2.54. The van der Waals surface area contributed by atoms with Crippen LogP contribution in [-0.2, 0) is 0 Å². The second kappa shape index (κ2) is 5.12. The largest absolute Gasteiger partial charge is 0.396 e. The third kappa shape index (κ3) is 2.16. The van der Waals surface area contributed by atoms with Gasteiger partial charge in [-0.05, 0) is 75.0 Å². The summed E-state index contributed by atoms with van der Waals surface area (Å²) in [5.74, 6) is 1.17. The summed E-state index contributed by atoms with van der Waals surface area (Å²) in [6.07, 6.45) is 12.2. The molecule has 21 heavy (non-hydrogen) atoms. The van der Waals surface area contributed by atoms with E-state index >= 15 is 0 Å². The molecule has 3 aliphatic rings. The Bertz CT molecular complexity index is 512. The molecule has 3 aliphatic carbocycles. The smallest absolute Gasteiger partial charge is 0.0459 e. The highest BCUT2D eigenvalue weighted by molar-refractivity contribution is 5.41. The number of aliphatic hydroxyl groups is 1. The summed E-state index contributed by atoms with van der Waals surface area (Å²) >= 11 is 0. The van der Waals surface area contributed by atoms with Crippen LogP contribution in [0.1, 0.15) is 59.3 Å². The molecular weight excluding hydrogens is 256 g/mol. The van der Waals surface area contributed by atoms with Crippen LogP contribution < -0.4 is 0 Å². The highest BCUT2D eigenvalue weighted by Crippen LogP contribution is 2.64. The number of fused-ring (bicyclic) bond motifs is 2. The Kier molecular flexibility index (Phi) is 3.68. The summed E-state index contributed by atoms with van der Waals surface area (Å²) in [5.41, 5.74) is 5.13. The topological polar surface area (TPSA) is 20.2 Å². The fourth-order valence-corrected chi connectivity index (χ4v) is 5.31. The van der Waals surface area contributed by atoms with Crippen molar-refractivity contribution >= 4 is 0 Å². The van der Waals surface area contributed by atoms with Gasteiger partial charge < -0.3 is 5.11 Å². The summed E-state index contributed by atoms with van der Waals surface area (Å²) in [5, 5.41) is 9.58. The summed E-state index contributed by atoms with van der Waals surface area (Å²) in [4.78, 5) is 0. The SMILES string of the molecule is C=C(C)[C@@H]1CC[C@]2(C)C(=C(C)C=C[C@@]23CC[C@@H](CO)C3)C1. The van der Waals surface area contributed by atoms with E-state index in [1.807, 2.05) is 0 Å². The number of rotatable bonds is 2. The minimum absolute atomic E-state index is 0.301. The second-order valence-electron chi connectivity index (χ2n) is 8.06. The van der Waals surface area contributed by atoms with Gasteiger partial charge in [0.1, 0.15) is 0 Å². The van der Waals surface area contributed by atoms with Crippen LogP contribution in [0.3, 0.4) is 0 Å². The van der Waals surface area contributed by atoms with Gasteiger partial charge in [0.25, 0.3) is 0 Å². The zero-order valence-corrected chi connectivity index (χ0v) is 13.9. The van der Waals surface area contributed by atoms with Crippen molar-refractivity contribution in [2.75, 3.05) is 6.61 Å². The molecule has 0 aromatic rings. The molecule has 2 fully saturated rings. The summed E-state index contributed by atoms with van der Waals surface area (Å²) in [6, 6.07) is 0. The first-order valence-corrected chi connectivity index (χ1v) is 8.57. The minimum atomic E-state index is 0.301. The fourth-order valence-electron chi connectivity index (χ4n) is 5.31. The van der Waals surface area contributed by atoms with Crippen LogP contribution in [0.2, 0.25) is 0 Å². The normalized spacial score (nSPS) is 42.5. The van der Waals surface area contributed by atoms with E-state index in [-0.39, 0.29) is 0 Å². The molecule has 1 nitrogen and oxygen atoms in total. The van der Waals surface area contributed by atoms with Crippen LogP contribution >= 0.6 is 0 Å². The van der Waals surface area contributed by atoms with Gasteiger partial charge in [-0.2, -0.15) is 0 Å². The Morgan fingerprint density at radius 2 is 2.14 bits per heavy atom. The van der Waals surface area contributed by atoms with Gasteiger partial charge in [0.15, 0.2) is 0 Å². The maximum atomic E-state index is 9.58. The van der Waals surface area contributed by atoms with E-state index in [1.54, 1.807) is 5.57 Å². The molecule has 3 rings (SSSR count). The van der Waals surface area contributed by atoms with Crippen LogP contribution in [0.15, 0.2) is 35.5 Å². The van der Waals surface area contributed by atoms with Crippen LogP contribution in [0.25, 0.3) is 0 Å². The van der Waals surface area contributed by atoms with Crippen molar-refractivity contribution < 1.29 is 5.11 Å². The van der Waals surface area contributed by atoms with E-state index in [4.69, 9.17) is 0 Å². The second-order valence-corrected chi connectivity index (χ2v) is 8.06. The van der Waals surface area contributed by atoms with E-state index in [0.29, 0.717) is 29.3 Å². The Morgan fingerprint density at radius 3 is 2.76 bits per heavy atom. The van der Waals surface area contributed by atoms with Gasteiger partial charge in [-0.15, -0.1) is 0 Å². The zero-order valence-electron chi connectivity index (χ0n) is 13.9. The average molecular weight is 286 g/mol. The first kappa shape index (κ1) is 15.1. The fraction of sp³-hybridized carbons (Fsp3) is 0.700. The third-order valence-electron chi connectivity index (χ3n) is 6.94. The predicted octanol–water partition coefficient (Wildman–Crippen LogP) is 5.03. The maximum Gasteiger partial charge on any atom is 0.0459 e. The van der Waals surface area contributed by atoms with E-state index in [2.05, 4.69) is 39.5 Å². The molecule has 1 spiro atoms. The number of aliphatic hydroxyl groups excluding tert-OH is 1. The maximum absolute atomic E-state index is 9.58. The van der Waals surface area contributed by atoms with Crippen molar-refractivity contribution in [1.82, 2.24) is 0 Å². The molecule has 0 aromatic carbocycles. The van der Waals surface area contributed by atoms with Crippen LogP contribution in [0, 0.1) is 22.7 Å². The lowest BCUT2D eigenvalue weighted by molar-refractivity contribution is 0.0892. The summed E-state index contributed by atoms with van der Waals surface area (Å²) < 4.78 is 0. The molecule has 116 valence electrons. The highest BCUT2D eigenvalue weighted by Gasteiger charge is 2.54. The van der Waals surface area contributed by atoms with Crippen LogP contribution in [0.5, 0.6) is 0 Å². The van der Waals surface area contributed by atoms with Crippen molar-refractivity contribution in [2.24, 2.45) is 22.7 Å². The van der Waals surface area contributed by atoms with Gasteiger partial charge >= 0.3 is 0 Å². The number of hydrogen-bond acceptors (Lipinski definition) is 1. The standard InChI is InChI=1S/C20H30O/c1-14(2)17-7-8-19(4)18(11-17)15(3)5-9-20(19)10-6-16(12-20)13-21/h5,9,16-17,21H,1,6-8,10-13H2,2-4H3/t16-,17-,19-,20+/m1/s1. The molecule has 0 radical (unpaired) electrons. The summed E-state index contributed by atoms with van der Waals surface area (Å²) in [6.45, 7) is 11.5. The predicted molar refractivity (Wildman–Crippen MR) is 89.0 cm³/mol. The average Bonchev–Trinajstić information content (AvgIpc) is 2.89. The van der Waals surface area contributed by atoms with Crippen molar-refractivity contribution in [3.8, 4) is 0 Å². The molecule has 1 heteroatoms. The Morgan fingerprint density at radius 1 is 1.38 bits per heavy atom. The Balaban J connectivity index is 1.96. The molecule has 4 atom stereocenters. The quantitative estimate of drug-likeness (QED) is 0.706. The van der Waals surface area contributed by atoms with Gasteiger partial charge in [0.2, 0.25) is 0 Å². The highest BCUT2D eigenvalue weighted by atomic mass is 16.3. The first-order valence-electron chi connectivity index (χ1n) is 8.57. The van der Waals surface area contributed by atoms with Gasteiger partial charge in [-0.25, -0.2) is 0 Å². The van der Waals surface area contributed by atoms with Crippen LogP contribution in [0.4, 0.5) is 0 Å². The van der Waals surface area contributed by atoms with Gasteiger partial charge in [-0.3, -0.25) is 0 Å². The lowest BCUT2D eigenvalue weighted by Crippen LogP contribution is -2.44. The molecule has 1 N–H and O–H groups in total. The lowest BCUT2D eigenvalue weighted by atomic mass is 9.50. The van der Waals surface area contributed by atoms with Crippen molar-refractivity contribution in [2.45, 2.75) is 59.3 Å². The number of hydrogen-bond donors (Lipinski definition) is 1. The van der Waals surface area contributed by atoms with Crippen molar-refractivity contribution in [3.63, 3.8) is 0 Å². The molecule has 2 saturated carbocycles. The summed E-state index contributed by atoms with van der Waals surface area (Å²) in [7, 11) is 0. The Labute approximate surface area is 129 Å². The molecule has 0 unspecified atom stereocenters. The van der Waals surface area contributed by atoms with Crippen LogP contribution in [-0.4, -0.2) is 11.7 Å². The third-order valence-corrected chi connectivity index (χ3v) is 6.94. The van der Waals surface area contributed by atoms with Gasteiger partial charge in [-0.1, -0.05) is 42.4 Å². The van der Waals surface area contributed by atoms with E-state index in [9.17, 15) is 5.11 Å². The van der Waals surface area contributed by atoms with E-state index < -0.39 is 0 Å².